The average molecular weight is 427 g/mol. The summed E-state index contributed by atoms with van der Waals surface area (Å²) in [4.78, 5) is 31.8. The van der Waals surface area contributed by atoms with Gasteiger partial charge in [0.05, 0.1) is 23.2 Å². The first-order valence-corrected chi connectivity index (χ1v) is 10.5. The number of benzene rings is 1. The van der Waals surface area contributed by atoms with Crippen molar-refractivity contribution in [2.24, 2.45) is 0 Å². The normalized spacial score (nSPS) is 21.4. The molecule has 2 heterocycles. The number of rotatable bonds is 5. The van der Waals surface area contributed by atoms with E-state index in [1.165, 1.54) is 0 Å². The van der Waals surface area contributed by atoms with Crippen molar-refractivity contribution in [3.63, 3.8) is 0 Å². The zero-order chi connectivity index (χ0) is 21.3. The van der Waals surface area contributed by atoms with E-state index in [1.807, 2.05) is 6.92 Å². The standard InChI is InChI=1S/C23H23ClN2O4/c1-2-30-18-13-15(7-8-17(18)24)21(27)19-20(14-9-11-25-12-10-14)26(23(29)22(19)28)16-5-3-4-6-16/h7-13,16,20,27H,2-6H2,1H3/b21-19-. The fourth-order valence-corrected chi connectivity index (χ4v) is 4.53. The van der Waals surface area contributed by atoms with Gasteiger partial charge in [-0.3, -0.25) is 14.6 Å². The Morgan fingerprint density at radius 1 is 1.20 bits per heavy atom. The van der Waals surface area contributed by atoms with Crippen LogP contribution in [0.3, 0.4) is 0 Å². The summed E-state index contributed by atoms with van der Waals surface area (Å²) in [5.74, 6) is -1.06. The maximum absolute atomic E-state index is 13.1. The molecule has 1 saturated carbocycles. The number of ketones is 1. The van der Waals surface area contributed by atoms with E-state index in [0.29, 0.717) is 22.9 Å². The number of amides is 1. The van der Waals surface area contributed by atoms with Gasteiger partial charge in [0.2, 0.25) is 0 Å². The van der Waals surface area contributed by atoms with Gasteiger partial charge in [0.1, 0.15) is 11.5 Å². The molecule has 156 valence electrons. The Morgan fingerprint density at radius 2 is 1.90 bits per heavy atom. The molecule has 1 amide bonds. The molecule has 7 heteroatoms. The van der Waals surface area contributed by atoms with Crippen LogP contribution in [0.5, 0.6) is 5.75 Å². The minimum atomic E-state index is -0.672. The molecular weight excluding hydrogens is 404 g/mol. The fourth-order valence-electron chi connectivity index (χ4n) is 4.35. The second-order valence-electron chi connectivity index (χ2n) is 7.50. The van der Waals surface area contributed by atoms with E-state index < -0.39 is 17.7 Å². The van der Waals surface area contributed by atoms with Crippen LogP contribution in [0.1, 0.15) is 49.8 Å². The monoisotopic (exact) mass is 426 g/mol. The highest BCUT2D eigenvalue weighted by Gasteiger charge is 2.49. The summed E-state index contributed by atoms with van der Waals surface area (Å²) in [6.07, 6.45) is 6.99. The Kier molecular flexibility index (Phi) is 5.77. The molecule has 1 unspecified atom stereocenters. The van der Waals surface area contributed by atoms with E-state index in [2.05, 4.69) is 4.98 Å². The average Bonchev–Trinajstić information content (AvgIpc) is 3.37. The second-order valence-corrected chi connectivity index (χ2v) is 7.91. The first-order chi connectivity index (χ1) is 14.5. The number of carbonyl (C=O) groups excluding carboxylic acids is 2. The van der Waals surface area contributed by atoms with E-state index in [4.69, 9.17) is 16.3 Å². The van der Waals surface area contributed by atoms with E-state index in [9.17, 15) is 14.7 Å². The lowest BCUT2D eigenvalue weighted by Gasteiger charge is -2.30. The molecule has 2 aliphatic rings. The molecule has 0 spiro atoms. The van der Waals surface area contributed by atoms with Crippen molar-refractivity contribution < 1.29 is 19.4 Å². The van der Waals surface area contributed by atoms with Crippen LogP contribution in [0.4, 0.5) is 0 Å². The summed E-state index contributed by atoms with van der Waals surface area (Å²) in [5.41, 5.74) is 1.21. The first-order valence-electron chi connectivity index (χ1n) is 10.2. The van der Waals surface area contributed by atoms with E-state index in [1.54, 1.807) is 47.6 Å². The Morgan fingerprint density at radius 3 is 2.57 bits per heavy atom. The van der Waals surface area contributed by atoms with Gasteiger partial charge in [-0.25, -0.2) is 0 Å². The Labute approximate surface area is 180 Å². The zero-order valence-corrected chi connectivity index (χ0v) is 17.4. The number of hydrogen-bond donors (Lipinski definition) is 1. The van der Waals surface area contributed by atoms with Gasteiger partial charge in [-0.15, -0.1) is 0 Å². The number of aromatic nitrogens is 1. The largest absolute Gasteiger partial charge is 0.507 e. The zero-order valence-electron chi connectivity index (χ0n) is 16.7. The van der Waals surface area contributed by atoms with E-state index in [0.717, 1.165) is 31.2 Å². The fraction of sp³-hybridized carbons (Fsp3) is 0.348. The molecule has 1 aromatic carbocycles. The third-order valence-electron chi connectivity index (χ3n) is 5.72. The number of aliphatic hydroxyl groups excluding tert-OH is 1. The number of pyridine rings is 1. The molecule has 4 rings (SSSR count). The van der Waals surface area contributed by atoms with Crippen molar-refractivity contribution in [3.05, 3.63) is 64.4 Å². The molecule has 0 bridgehead atoms. The summed E-state index contributed by atoms with van der Waals surface area (Å²) in [6.45, 7) is 2.24. The summed E-state index contributed by atoms with van der Waals surface area (Å²) >= 11 is 6.17. The van der Waals surface area contributed by atoms with E-state index in [-0.39, 0.29) is 17.4 Å². The molecule has 2 aromatic rings. The van der Waals surface area contributed by atoms with Crippen molar-refractivity contribution in [1.29, 1.82) is 0 Å². The van der Waals surface area contributed by atoms with Crippen LogP contribution in [-0.4, -0.2) is 39.3 Å². The maximum Gasteiger partial charge on any atom is 0.295 e. The van der Waals surface area contributed by atoms with Gasteiger partial charge in [-0.05, 0) is 55.7 Å². The minimum Gasteiger partial charge on any atom is -0.507 e. The van der Waals surface area contributed by atoms with E-state index >= 15 is 0 Å². The van der Waals surface area contributed by atoms with Crippen LogP contribution in [0.2, 0.25) is 5.02 Å². The van der Waals surface area contributed by atoms with Crippen LogP contribution in [-0.2, 0) is 9.59 Å². The predicted octanol–water partition coefficient (Wildman–Crippen LogP) is 4.50. The molecule has 30 heavy (non-hydrogen) atoms. The van der Waals surface area contributed by atoms with Gasteiger partial charge >= 0.3 is 0 Å². The Bertz CT molecular complexity index is 1000. The third-order valence-corrected chi connectivity index (χ3v) is 6.04. The highest BCUT2D eigenvalue weighted by Crippen LogP contribution is 2.43. The minimum absolute atomic E-state index is 0.0193. The van der Waals surface area contributed by atoms with Gasteiger partial charge in [0.15, 0.2) is 0 Å². The number of carbonyl (C=O) groups is 2. The number of aliphatic hydroxyl groups is 1. The highest BCUT2D eigenvalue weighted by molar-refractivity contribution is 6.46. The number of ether oxygens (including phenoxy) is 1. The van der Waals surface area contributed by atoms with Gasteiger partial charge in [-0.1, -0.05) is 24.4 Å². The molecule has 1 aromatic heterocycles. The molecule has 1 aliphatic carbocycles. The molecule has 6 nitrogen and oxygen atoms in total. The summed E-state index contributed by atoms with van der Waals surface area (Å²) in [6, 6.07) is 7.70. The first kappa shape index (κ1) is 20.4. The summed E-state index contributed by atoms with van der Waals surface area (Å²) < 4.78 is 5.52. The summed E-state index contributed by atoms with van der Waals surface area (Å²) in [5, 5.41) is 11.6. The van der Waals surface area contributed by atoms with Crippen molar-refractivity contribution in [2.75, 3.05) is 6.61 Å². The third kappa shape index (κ3) is 3.56. The second kappa shape index (κ2) is 8.48. The van der Waals surface area contributed by atoms with Crippen molar-refractivity contribution in [2.45, 2.75) is 44.7 Å². The lowest BCUT2D eigenvalue weighted by atomic mass is 9.95. The number of hydrogen-bond acceptors (Lipinski definition) is 5. The van der Waals surface area contributed by atoms with Gasteiger partial charge in [0.25, 0.3) is 11.7 Å². The molecule has 1 aliphatic heterocycles. The van der Waals surface area contributed by atoms with Gasteiger partial charge < -0.3 is 14.7 Å². The van der Waals surface area contributed by atoms with Gasteiger partial charge in [-0.2, -0.15) is 0 Å². The number of Topliss-reactive ketones (excluding diaryl/α,β-unsaturated/α-hetero) is 1. The highest BCUT2D eigenvalue weighted by atomic mass is 35.5. The van der Waals surface area contributed by atoms with Crippen molar-refractivity contribution >= 4 is 29.1 Å². The number of likely N-dealkylation sites (tertiary alicyclic amines) is 1. The van der Waals surface area contributed by atoms with Crippen LogP contribution in [0.15, 0.2) is 48.3 Å². The quantitative estimate of drug-likeness (QED) is 0.432. The summed E-state index contributed by atoms with van der Waals surface area (Å²) in [7, 11) is 0. The Balaban J connectivity index is 1.86. The van der Waals surface area contributed by atoms with Crippen LogP contribution >= 0.6 is 11.6 Å². The Hall–Kier alpha value is -2.86. The topological polar surface area (TPSA) is 79.7 Å². The maximum atomic E-state index is 13.1. The van der Waals surface area contributed by atoms with Crippen LogP contribution < -0.4 is 4.74 Å². The number of halogens is 1. The predicted molar refractivity (Wildman–Crippen MR) is 113 cm³/mol. The molecule has 1 N–H and O–H groups in total. The molecule has 1 saturated heterocycles. The van der Waals surface area contributed by atoms with Crippen LogP contribution in [0.25, 0.3) is 5.76 Å². The van der Waals surface area contributed by atoms with Crippen molar-refractivity contribution in [1.82, 2.24) is 9.88 Å². The number of nitrogens with zero attached hydrogens (tertiary/aromatic N) is 2. The molecular formula is C23H23ClN2O4. The lowest BCUT2D eigenvalue weighted by molar-refractivity contribution is -0.141. The smallest absolute Gasteiger partial charge is 0.295 e. The lowest BCUT2D eigenvalue weighted by Crippen LogP contribution is -2.37. The SMILES string of the molecule is CCOc1cc(/C(O)=C2/C(=O)C(=O)N(C3CCCC3)C2c2ccncc2)ccc1Cl. The van der Waals surface area contributed by atoms with Crippen LogP contribution in [0, 0.1) is 0 Å². The molecule has 0 radical (unpaired) electrons. The molecule has 2 fully saturated rings. The van der Waals surface area contributed by atoms with Crippen molar-refractivity contribution in [3.8, 4) is 5.75 Å². The molecule has 1 atom stereocenters. The van der Waals surface area contributed by atoms with Gasteiger partial charge in [0, 0.05) is 24.0 Å².